The largest absolute Gasteiger partial charge is 0.483 e. The molecule has 0 bridgehead atoms. The second-order valence-corrected chi connectivity index (χ2v) is 6.23. The van der Waals surface area contributed by atoms with Gasteiger partial charge in [0.15, 0.2) is 11.7 Å². The molecular weight excluding hydrogens is 384 g/mol. The molecule has 28 heavy (non-hydrogen) atoms. The average Bonchev–Trinajstić information content (AvgIpc) is 2.65. The van der Waals surface area contributed by atoms with Gasteiger partial charge in [0.2, 0.25) is 0 Å². The van der Waals surface area contributed by atoms with Crippen LogP contribution in [0.1, 0.15) is 21.5 Å². The minimum Gasteiger partial charge on any atom is -0.483 e. The lowest BCUT2D eigenvalue weighted by molar-refractivity contribution is -0.384. The number of aryl methyl sites for hydroxylation is 2. The maximum absolute atomic E-state index is 12.0. The molecule has 146 valence electrons. The zero-order valence-corrected chi connectivity index (χ0v) is 16.0. The second-order valence-electron chi connectivity index (χ2n) is 5.82. The van der Waals surface area contributed by atoms with E-state index >= 15 is 0 Å². The average molecular weight is 402 g/mol. The van der Waals surface area contributed by atoms with Crippen molar-refractivity contribution in [2.75, 3.05) is 6.61 Å². The van der Waals surface area contributed by atoms with Crippen molar-refractivity contribution in [3.8, 4) is 5.75 Å². The minimum atomic E-state index is -0.576. The van der Waals surface area contributed by atoms with Crippen LogP contribution in [0.2, 0.25) is 0 Å². The number of rotatable bonds is 5. The number of carbonyl (C=O) groups excluding carboxylic acids is 2. The van der Waals surface area contributed by atoms with Crippen LogP contribution in [0.4, 0.5) is 5.69 Å². The molecule has 0 radical (unpaired) electrons. The summed E-state index contributed by atoms with van der Waals surface area (Å²) in [6.07, 6.45) is 0. The number of hydrogen-bond acceptors (Lipinski definition) is 6. The lowest BCUT2D eigenvalue weighted by Crippen LogP contribution is -2.49. The van der Waals surface area contributed by atoms with Crippen molar-refractivity contribution in [2.45, 2.75) is 13.8 Å². The molecule has 0 heterocycles. The van der Waals surface area contributed by atoms with Crippen LogP contribution in [0.5, 0.6) is 5.75 Å². The normalized spacial score (nSPS) is 9.93. The first-order chi connectivity index (χ1) is 13.3. The van der Waals surface area contributed by atoms with E-state index in [9.17, 15) is 19.7 Å². The standard InChI is InChI=1S/C18H18N4O5S/c1-11-3-8-15(12(2)9-11)27-10-16(23)20-21-18(28)19-17(24)13-4-6-14(7-5-13)22(25)26/h3-9H,10H2,1-2H3,(H,20,23)(H2,19,21,24,28). The number of ether oxygens (including phenoxy) is 1. The molecule has 3 N–H and O–H groups in total. The molecule has 2 aromatic carbocycles. The SMILES string of the molecule is Cc1ccc(OCC(=O)NNC(=S)NC(=O)c2ccc([N+](=O)[O-])cc2)c(C)c1. The Morgan fingerprint density at radius 3 is 2.39 bits per heavy atom. The molecule has 0 atom stereocenters. The third-order valence-corrected chi connectivity index (χ3v) is 3.78. The number of amides is 2. The first-order valence-electron chi connectivity index (χ1n) is 8.11. The van der Waals surface area contributed by atoms with E-state index in [-0.39, 0.29) is 23.0 Å². The van der Waals surface area contributed by atoms with Crippen LogP contribution in [0.15, 0.2) is 42.5 Å². The third kappa shape index (κ3) is 6.02. The minimum absolute atomic E-state index is 0.131. The van der Waals surface area contributed by atoms with Gasteiger partial charge in [-0.2, -0.15) is 0 Å². The van der Waals surface area contributed by atoms with E-state index in [0.717, 1.165) is 11.1 Å². The van der Waals surface area contributed by atoms with Crippen molar-refractivity contribution >= 4 is 34.8 Å². The van der Waals surface area contributed by atoms with Gasteiger partial charge in [0.1, 0.15) is 5.75 Å². The van der Waals surface area contributed by atoms with Gasteiger partial charge in [-0.05, 0) is 49.8 Å². The van der Waals surface area contributed by atoms with Gasteiger partial charge in [0.25, 0.3) is 17.5 Å². The van der Waals surface area contributed by atoms with E-state index in [4.69, 9.17) is 17.0 Å². The molecule has 0 unspecified atom stereocenters. The van der Waals surface area contributed by atoms with Crippen molar-refractivity contribution in [3.63, 3.8) is 0 Å². The van der Waals surface area contributed by atoms with Crippen LogP contribution in [0.3, 0.4) is 0 Å². The van der Waals surface area contributed by atoms with Crippen molar-refractivity contribution < 1.29 is 19.2 Å². The number of thiocarbonyl (C=S) groups is 1. The summed E-state index contributed by atoms with van der Waals surface area (Å²) in [5.41, 5.74) is 6.74. The highest BCUT2D eigenvalue weighted by atomic mass is 32.1. The summed E-state index contributed by atoms with van der Waals surface area (Å²) in [7, 11) is 0. The van der Waals surface area contributed by atoms with Crippen LogP contribution >= 0.6 is 12.2 Å². The number of hydrazine groups is 1. The Bertz CT molecular complexity index is 915. The van der Waals surface area contributed by atoms with E-state index in [0.29, 0.717) is 5.75 Å². The summed E-state index contributed by atoms with van der Waals surface area (Å²) in [5, 5.41) is 12.8. The van der Waals surface area contributed by atoms with E-state index in [1.165, 1.54) is 24.3 Å². The van der Waals surface area contributed by atoms with Crippen LogP contribution in [-0.4, -0.2) is 28.5 Å². The Kier molecular flexibility index (Phi) is 6.99. The van der Waals surface area contributed by atoms with Gasteiger partial charge in [-0.15, -0.1) is 0 Å². The molecule has 0 saturated carbocycles. The predicted molar refractivity (Wildman–Crippen MR) is 106 cm³/mol. The molecule has 2 aromatic rings. The van der Waals surface area contributed by atoms with Crippen LogP contribution < -0.4 is 20.9 Å². The summed E-state index contributed by atoms with van der Waals surface area (Å²) in [4.78, 5) is 33.9. The Morgan fingerprint density at radius 1 is 1.11 bits per heavy atom. The molecule has 0 fully saturated rings. The number of hydrogen-bond donors (Lipinski definition) is 3. The third-order valence-electron chi connectivity index (χ3n) is 3.57. The quantitative estimate of drug-likeness (QED) is 0.397. The Balaban J connectivity index is 1.77. The van der Waals surface area contributed by atoms with Gasteiger partial charge >= 0.3 is 0 Å². The summed E-state index contributed by atoms with van der Waals surface area (Å²) < 4.78 is 5.43. The Labute approximate surface area is 166 Å². The fraction of sp³-hybridized carbons (Fsp3) is 0.167. The summed E-state index contributed by atoms with van der Waals surface area (Å²) in [5.74, 6) is -0.477. The highest BCUT2D eigenvalue weighted by Crippen LogP contribution is 2.18. The Hall–Kier alpha value is -3.53. The van der Waals surface area contributed by atoms with E-state index in [1.54, 1.807) is 6.07 Å². The molecule has 0 saturated heterocycles. The maximum Gasteiger partial charge on any atom is 0.276 e. The molecule has 2 rings (SSSR count). The van der Waals surface area contributed by atoms with E-state index < -0.39 is 16.7 Å². The summed E-state index contributed by atoms with van der Waals surface area (Å²) in [6, 6.07) is 10.6. The molecule has 2 amide bonds. The molecular formula is C18H18N4O5S. The zero-order chi connectivity index (χ0) is 20.7. The predicted octanol–water partition coefficient (Wildman–Crippen LogP) is 1.93. The number of nitro benzene ring substituents is 1. The van der Waals surface area contributed by atoms with Gasteiger partial charge in [-0.25, -0.2) is 0 Å². The second kappa shape index (κ2) is 9.42. The molecule has 10 heteroatoms. The first-order valence-corrected chi connectivity index (χ1v) is 8.52. The van der Waals surface area contributed by atoms with Crippen molar-refractivity contribution in [1.82, 2.24) is 16.2 Å². The number of benzene rings is 2. The summed E-state index contributed by atoms with van der Waals surface area (Å²) >= 11 is 4.92. The maximum atomic E-state index is 12.0. The van der Waals surface area contributed by atoms with Gasteiger partial charge in [0.05, 0.1) is 4.92 Å². The fourth-order valence-electron chi connectivity index (χ4n) is 2.21. The number of non-ortho nitro benzene ring substituents is 1. The lowest BCUT2D eigenvalue weighted by atomic mass is 10.1. The molecule has 9 nitrogen and oxygen atoms in total. The van der Waals surface area contributed by atoms with Crippen LogP contribution in [0.25, 0.3) is 0 Å². The number of nitro groups is 1. The molecule has 0 aliphatic carbocycles. The van der Waals surface area contributed by atoms with E-state index in [2.05, 4.69) is 16.2 Å². The monoisotopic (exact) mass is 402 g/mol. The highest BCUT2D eigenvalue weighted by Gasteiger charge is 2.11. The van der Waals surface area contributed by atoms with Crippen molar-refractivity contribution in [3.05, 3.63) is 69.3 Å². The van der Waals surface area contributed by atoms with Gasteiger partial charge in [-0.1, -0.05) is 17.7 Å². The van der Waals surface area contributed by atoms with Gasteiger partial charge in [-0.3, -0.25) is 35.9 Å². The number of carbonyl (C=O) groups is 2. The fourth-order valence-corrected chi connectivity index (χ4v) is 2.35. The summed E-state index contributed by atoms with van der Waals surface area (Å²) in [6.45, 7) is 3.59. The highest BCUT2D eigenvalue weighted by molar-refractivity contribution is 7.80. The first kappa shape index (κ1) is 20.8. The van der Waals surface area contributed by atoms with E-state index in [1.807, 2.05) is 26.0 Å². The van der Waals surface area contributed by atoms with Crippen molar-refractivity contribution in [2.24, 2.45) is 0 Å². The Morgan fingerprint density at radius 2 is 1.79 bits per heavy atom. The molecule has 0 spiro atoms. The molecule has 0 aliphatic heterocycles. The smallest absolute Gasteiger partial charge is 0.276 e. The lowest BCUT2D eigenvalue weighted by Gasteiger charge is -2.12. The number of nitrogens with zero attached hydrogens (tertiary/aromatic N) is 1. The van der Waals surface area contributed by atoms with Gasteiger partial charge in [0, 0.05) is 17.7 Å². The van der Waals surface area contributed by atoms with Crippen LogP contribution in [-0.2, 0) is 4.79 Å². The zero-order valence-electron chi connectivity index (χ0n) is 15.1. The number of nitrogens with one attached hydrogen (secondary N) is 3. The van der Waals surface area contributed by atoms with Gasteiger partial charge < -0.3 is 4.74 Å². The topological polar surface area (TPSA) is 123 Å². The van der Waals surface area contributed by atoms with Crippen LogP contribution in [0, 0.1) is 24.0 Å². The molecule has 0 aromatic heterocycles. The van der Waals surface area contributed by atoms with Crippen molar-refractivity contribution in [1.29, 1.82) is 0 Å². The molecule has 0 aliphatic rings.